The fourth-order valence-electron chi connectivity index (χ4n) is 2.66. The highest BCUT2D eigenvalue weighted by molar-refractivity contribution is 6.03. The normalized spacial score (nSPS) is 12.1. The second-order valence-electron chi connectivity index (χ2n) is 6.45. The molecule has 0 amide bonds. The summed E-state index contributed by atoms with van der Waals surface area (Å²) in [6.07, 6.45) is 0.991. The lowest BCUT2D eigenvalue weighted by molar-refractivity contribution is 0.0698. The molecule has 0 aliphatic carbocycles. The zero-order valence-electron chi connectivity index (χ0n) is 12.9. The maximum atomic E-state index is 11.6. The van der Waals surface area contributed by atoms with Crippen molar-refractivity contribution in [2.24, 2.45) is 0 Å². The number of nitrogens with zero attached hydrogens (tertiary/aromatic N) is 1. The molecule has 20 heavy (non-hydrogen) atoms. The van der Waals surface area contributed by atoms with Crippen molar-refractivity contribution < 1.29 is 9.90 Å². The molecule has 0 radical (unpaired) electrons. The van der Waals surface area contributed by atoms with E-state index in [2.05, 4.69) is 44.4 Å². The first-order valence-corrected chi connectivity index (χ1v) is 7.13. The van der Waals surface area contributed by atoms with Gasteiger partial charge in [-0.25, -0.2) is 4.79 Å². The maximum Gasteiger partial charge on any atom is 0.337 e. The molecule has 0 bridgehead atoms. The Morgan fingerprint density at radius 1 is 1.25 bits per heavy atom. The highest BCUT2D eigenvalue weighted by atomic mass is 16.4. The van der Waals surface area contributed by atoms with Crippen molar-refractivity contribution in [3.8, 4) is 0 Å². The van der Waals surface area contributed by atoms with Gasteiger partial charge in [0, 0.05) is 17.6 Å². The summed E-state index contributed by atoms with van der Waals surface area (Å²) in [5.74, 6) is -0.850. The lowest BCUT2D eigenvalue weighted by atomic mass is 9.85. The van der Waals surface area contributed by atoms with Crippen LogP contribution in [0, 0.1) is 6.92 Å². The smallest absolute Gasteiger partial charge is 0.337 e. The molecule has 1 aromatic carbocycles. The van der Waals surface area contributed by atoms with Crippen LogP contribution in [0.4, 0.5) is 0 Å². The van der Waals surface area contributed by atoms with E-state index in [4.69, 9.17) is 0 Å². The van der Waals surface area contributed by atoms with Crippen molar-refractivity contribution in [3.05, 3.63) is 35.0 Å². The summed E-state index contributed by atoms with van der Waals surface area (Å²) < 4.78 is 2.12. The van der Waals surface area contributed by atoms with Crippen LogP contribution in [0.25, 0.3) is 10.9 Å². The molecule has 0 atom stereocenters. The van der Waals surface area contributed by atoms with Gasteiger partial charge in [0.1, 0.15) is 0 Å². The van der Waals surface area contributed by atoms with Gasteiger partial charge in [-0.2, -0.15) is 0 Å². The van der Waals surface area contributed by atoms with Crippen LogP contribution in [0.2, 0.25) is 0 Å². The molecule has 1 N–H and O–H groups in total. The number of hydrogen-bond acceptors (Lipinski definition) is 1. The Labute approximate surface area is 120 Å². The Balaban J connectivity index is 2.82. The Morgan fingerprint density at radius 3 is 2.40 bits per heavy atom. The van der Waals surface area contributed by atoms with Crippen LogP contribution in [0.3, 0.4) is 0 Å². The highest BCUT2D eigenvalue weighted by Crippen LogP contribution is 2.31. The molecule has 3 nitrogen and oxygen atoms in total. The third-order valence-electron chi connectivity index (χ3n) is 3.74. The molecule has 0 aliphatic rings. The third kappa shape index (κ3) is 2.45. The quantitative estimate of drug-likeness (QED) is 0.903. The van der Waals surface area contributed by atoms with E-state index in [1.54, 1.807) is 0 Å². The van der Waals surface area contributed by atoms with Crippen LogP contribution in [0.15, 0.2) is 18.2 Å². The number of carboxylic acid groups (broad SMARTS) is 1. The Bertz CT molecular complexity index is 660. The molecule has 2 aromatic rings. The summed E-state index contributed by atoms with van der Waals surface area (Å²) in [6, 6.07) is 6.05. The number of fused-ring (bicyclic) bond motifs is 1. The van der Waals surface area contributed by atoms with Gasteiger partial charge in [0.15, 0.2) is 0 Å². The first-order valence-electron chi connectivity index (χ1n) is 7.13. The molecule has 1 heterocycles. The monoisotopic (exact) mass is 273 g/mol. The van der Waals surface area contributed by atoms with Gasteiger partial charge in [-0.1, -0.05) is 27.7 Å². The van der Waals surface area contributed by atoms with Crippen molar-refractivity contribution in [1.82, 2.24) is 4.57 Å². The van der Waals surface area contributed by atoms with E-state index >= 15 is 0 Å². The van der Waals surface area contributed by atoms with E-state index in [-0.39, 0.29) is 5.41 Å². The minimum Gasteiger partial charge on any atom is -0.478 e. The van der Waals surface area contributed by atoms with E-state index in [1.165, 1.54) is 0 Å². The van der Waals surface area contributed by atoms with E-state index in [9.17, 15) is 9.90 Å². The molecular formula is C17H23NO2. The second-order valence-corrected chi connectivity index (χ2v) is 6.45. The van der Waals surface area contributed by atoms with Crippen LogP contribution in [-0.2, 0) is 12.0 Å². The van der Waals surface area contributed by atoms with Crippen molar-refractivity contribution in [2.75, 3.05) is 0 Å². The number of carboxylic acids is 1. The molecule has 0 fully saturated rings. The fraction of sp³-hybridized carbons (Fsp3) is 0.471. The van der Waals surface area contributed by atoms with Gasteiger partial charge in [0.2, 0.25) is 0 Å². The van der Waals surface area contributed by atoms with Crippen LogP contribution in [0.1, 0.15) is 55.7 Å². The van der Waals surface area contributed by atoms with Gasteiger partial charge in [0.25, 0.3) is 0 Å². The first-order chi connectivity index (χ1) is 9.25. The highest BCUT2D eigenvalue weighted by Gasteiger charge is 2.21. The Hall–Kier alpha value is -1.77. The second kappa shape index (κ2) is 4.97. The molecule has 0 aliphatic heterocycles. The van der Waals surface area contributed by atoms with Crippen molar-refractivity contribution in [1.29, 1.82) is 0 Å². The predicted molar refractivity (Wildman–Crippen MR) is 82.6 cm³/mol. The minimum absolute atomic E-state index is 0.0564. The van der Waals surface area contributed by atoms with Crippen LogP contribution in [-0.4, -0.2) is 15.6 Å². The van der Waals surface area contributed by atoms with Gasteiger partial charge in [-0.05, 0) is 42.5 Å². The summed E-state index contributed by atoms with van der Waals surface area (Å²) in [7, 11) is 0. The number of hydrogen-bond donors (Lipinski definition) is 1. The summed E-state index contributed by atoms with van der Waals surface area (Å²) in [5.41, 5.74) is 3.39. The van der Waals surface area contributed by atoms with Gasteiger partial charge in [-0.3, -0.25) is 0 Å². The largest absolute Gasteiger partial charge is 0.478 e. The molecule has 0 spiro atoms. The van der Waals surface area contributed by atoms with Gasteiger partial charge < -0.3 is 9.67 Å². The van der Waals surface area contributed by atoms with Crippen molar-refractivity contribution >= 4 is 16.9 Å². The number of aromatic carboxylic acids is 1. The number of benzene rings is 1. The average molecular weight is 273 g/mol. The predicted octanol–water partition coefficient (Wildman–Crippen LogP) is 4.36. The molecule has 0 saturated carbocycles. The van der Waals surface area contributed by atoms with Crippen LogP contribution in [0.5, 0.6) is 0 Å². The SMILES string of the molecule is CCCn1c(C)cc2cc(C(C)(C)C)cc(C(=O)O)c21. The molecule has 108 valence electrons. The Kier molecular flexibility index (Phi) is 3.63. The van der Waals surface area contributed by atoms with E-state index < -0.39 is 5.97 Å². The van der Waals surface area contributed by atoms with Gasteiger partial charge in [-0.15, -0.1) is 0 Å². The van der Waals surface area contributed by atoms with Crippen molar-refractivity contribution in [2.45, 2.75) is 53.0 Å². The number of carbonyl (C=O) groups is 1. The van der Waals surface area contributed by atoms with E-state index in [0.717, 1.165) is 35.1 Å². The van der Waals surface area contributed by atoms with Crippen LogP contribution < -0.4 is 0 Å². The Morgan fingerprint density at radius 2 is 1.90 bits per heavy atom. The average Bonchev–Trinajstić information content (AvgIpc) is 2.64. The summed E-state index contributed by atoms with van der Waals surface area (Å²) in [6.45, 7) is 11.3. The summed E-state index contributed by atoms with van der Waals surface area (Å²) in [4.78, 5) is 11.6. The van der Waals surface area contributed by atoms with E-state index in [1.807, 2.05) is 13.0 Å². The molecule has 1 aromatic heterocycles. The zero-order chi connectivity index (χ0) is 15.1. The molecular weight excluding hydrogens is 250 g/mol. The fourth-order valence-corrected chi connectivity index (χ4v) is 2.66. The topological polar surface area (TPSA) is 42.2 Å². The third-order valence-corrected chi connectivity index (χ3v) is 3.74. The lowest BCUT2D eigenvalue weighted by Crippen LogP contribution is -2.13. The van der Waals surface area contributed by atoms with Crippen molar-refractivity contribution in [3.63, 3.8) is 0 Å². The van der Waals surface area contributed by atoms with Gasteiger partial charge >= 0.3 is 5.97 Å². The molecule has 3 heteroatoms. The number of aromatic nitrogens is 1. The van der Waals surface area contributed by atoms with Gasteiger partial charge in [0.05, 0.1) is 11.1 Å². The minimum atomic E-state index is -0.850. The van der Waals surface area contributed by atoms with Crippen LogP contribution >= 0.6 is 0 Å². The molecule has 2 rings (SSSR count). The number of aryl methyl sites for hydroxylation is 2. The summed E-state index contributed by atoms with van der Waals surface area (Å²) in [5, 5.41) is 10.6. The molecule has 0 saturated heterocycles. The first kappa shape index (κ1) is 14.6. The standard InChI is InChI=1S/C17H23NO2/c1-6-7-18-11(2)8-12-9-13(17(3,4)5)10-14(15(12)18)16(19)20/h8-10H,6-7H2,1-5H3,(H,19,20). The summed E-state index contributed by atoms with van der Waals surface area (Å²) >= 11 is 0. The lowest BCUT2D eigenvalue weighted by Gasteiger charge is -2.20. The maximum absolute atomic E-state index is 11.6. The zero-order valence-corrected chi connectivity index (χ0v) is 12.9. The number of rotatable bonds is 3. The van der Waals surface area contributed by atoms with E-state index in [0.29, 0.717) is 5.56 Å². The molecule has 0 unspecified atom stereocenters.